The van der Waals surface area contributed by atoms with Crippen LogP contribution in [0.2, 0.25) is 0 Å². The molecule has 1 amide bonds. The number of nitrogens with zero attached hydrogens (tertiary/aromatic N) is 1. The van der Waals surface area contributed by atoms with Gasteiger partial charge in [-0.1, -0.05) is 12.8 Å². The second-order valence-corrected chi connectivity index (χ2v) is 5.27. The van der Waals surface area contributed by atoms with Crippen LogP contribution in [0.15, 0.2) is 5.38 Å². The number of nitrogen functional groups attached to an aromatic ring is 1. The molecule has 0 radical (unpaired) electrons. The van der Waals surface area contributed by atoms with Crippen molar-refractivity contribution in [1.82, 2.24) is 10.3 Å². The molecule has 0 bridgehead atoms. The molecule has 1 heterocycles. The third-order valence-corrected chi connectivity index (χ3v) is 3.71. The van der Waals surface area contributed by atoms with Gasteiger partial charge in [-0.05, 0) is 12.8 Å². The topological polar surface area (TPSA) is 88.2 Å². The first kappa shape index (κ1) is 12.3. The molecule has 94 valence electrons. The molecule has 4 N–H and O–H groups in total. The van der Waals surface area contributed by atoms with Crippen LogP contribution in [0.5, 0.6) is 0 Å². The summed E-state index contributed by atoms with van der Waals surface area (Å²) >= 11 is 1.33. The van der Waals surface area contributed by atoms with Crippen molar-refractivity contribution in [2.45, 2.75) is 44.2 Å². The van der Waals surface area contributed by atoms with Gasteiger partial charge in [-0.2, -0.15) is 0 Å². The lowest BCUT2D eigenvalue weighted by molar-refractivity contribution is -0.122. The highest BCUT2D eigenvalue weighted by Gasteiger charge is 2.24. The summed E-state index contributed by atoms with van der Waals surface area (Å²) in [7, 11) is 0. The zero-order valence-electron chi connectivity index (χ0n) is 9.56. The molecular weight excluding hydrogens is 238 g/mol. The van der Waals surface area contributed by atoms with Gasteiger partial charge in [-0.3, -0.25) is 4.79 Å². The highest BCUT2D eigenvalue weighted by molar-refractivity contribution is 7.13. The molecular formula is C11H17N3O2S. The van der Waals surface area contributed by atoms with E-state index in [1.54, 1.807) is 5.38 Å². The summed E-state index contributed by atoms with van der Waals surface area (Å²) < 4.78 is 0. The van der Waals surface area contributed by atoms with E-state index in [1.807, 2.05) is 0 Å². The maximum Gasteiger partial charge on any atom is 0.226 e. The molecule has 1 fully saturated rings. The van der Waals surface area contributed by atoms with Gasteiger partial charge in [-0.15, -0.1) is 11.3 Å². The van der Waals surface area contributed by atoms with Crippen LogP contribution in [0.3, 0.4) is 0 Å². The lowest BCUT2D eigenvalue weighted by atomic mass is 9.92. The maximum atomic E-state index is 11.7. The third-order valence-electron chi connectivity index (χ3n) is 2.99. The number of nitrogens with one attached hydrogen (secondary N) is 1. The number of aliphatic hydroxyl groups is 1. The highest BCUT2D eigenvalue weighted by Crippen LogP contribution is 2.18. The minimum Gasteiger partial charge on any atom is -0.391 e. The number of thiazole rings is 1. The monoisotopic (exact) mass is 255 g/mol. The molecule has 0 saturated heterocycles. The first-order chi connectivity index (χ1) is 8.15. The number of hydrogen-bond donors (Lipinski definition) is 3. The molecule has 1 aromatic rings. The molecule has 6 heteroatoms. The third kappa shape index (κ3) is 3.41. The zero-order valence-corrected chi connectivity index (χ0v) is 10.4. The number of carbonyl (C=O) groups is 1. The molecule has 2 rings (SSSR count). The number of aliphatic hydroxyl groups excluding tert-OH is 1. The second-order valence-electron chi connectivity index (χ2n) is 4.38. The standard InChI is InChI=1S/C11H17N3O2S/c12-11-13-7(6-17-11)5-10(16)14-8-3-1-2-4-9(8)15/h6,8-9,15H,1-5H2,(H2,12,13)(H,14,16)/t8-,9-/m1/s1. The van der Waals surface area contributed by atoms with E-state index in [2.05, 4.69) is 10.3 Å². The van der Waals surface area contributed by atoms with E-state index in [0.717, 1.165) is 25.7 Å². The van der Waals surface area contributed by atoms with Crippen molar-refractivity contribution in [1.29, 1.82) is 0 Å². The maximum absolute atomic E-state index is 11.7. The number of aromatic nitrogens is 1. The largest absolute Gasteiger partial charge is 0.391 e. The fourth-order valence-corrected chi connectivity index (χ4v) is 2.67. The Bertz CT molecular complexity index is 394. The van der Waals surface area contributed by atoms with Gasteiger partial charge in [0.05, 0.1) is 24.3 Å². The Morgan fingerprint density at radius 3 is 3.00 bits per heavy atom. The number of amides is 1. The highest BCUT2D eigenvalue weighted by atomic mass is 32.1. The predicted molar refractivity (Wildman–Crippen MR) is 66.6 cm³/mol. The van der Waals surface area contributed by atoms with Gasteiger partial charge < -0.3 is 16.2 Å². The fourth-order valence-electron chi connectivity index (χ4n) is 2.11. The van der Waals surface area contributed by atoms with Gasteiger partial charge in [0, 0.05) is 5.38 Å². The number of hydrogen-bond acceptors (Lipinski definition) is 5. The smallest absolute Gasteiger partial charge is 0.226 e. The summed E-state index contributed by atoms with van der Waals surface area (Å²) in [6.45, 7) is 0. The molecule has 1 aromatic heterocycles. The summed E-state index contributed by atoms with van der Waals surface area (Å²) in [5.41, 5.74) is 6.19. The lowest BCUT2D eigenvalue weighted by Crippen LogP contribution is -2.45. The van der Waals surface area contributed by atoms with Gasteiger partial charge in [0.25, 0.3) is 0 Å². The molecule has 1 aliphatic rings. The molecule has 1 aliphatic carbocycles. The molecule has 0 unspecified atom stereocenters. The van der Waals surface area contributed by atoms with Crippen LogP contribution in [-0.2, 0) is 11.2 Å². The number of carbonyl (C=O) groups excluding carboxylic acids is 1. The fraction of sp³-hybridized carbons (Fsp3) is 0.636. The minimum absolute atomic E-state index is 0.0961. The van der Waals surface area contributed by atoms with Crippen LogP contribution in [0.25, 0.3) is 0 Å². The van der Waals surface area contributed by atoms with Crippen LogP contribution in [-0.4, -0.2) is 28.1 Å². The van der Waals surface area contributed by atoms with E-state index in [-0.39, 0.29) is 18.4 Å². The van der Waals surface area contributed by atoms with Crippen LogP contribution in [0, 0.1) is 0 Å². The Kier molecular flexibility index (Phi) is 3.96. The van der Waals surface area contributed by atoms with Crippen molar-refractivity contribution in [3.63, 3.8) is 0 Å². The Hall–Kier alpha value is -1.14. The van der Waals surface area contributed by atoms with E-state index >= 15 is 0 Å². The first-order valence-electron chi connectivity index (χ1n) is 5.82. The van der Waals surface area contributed by atoms with Crippen LogP contribution < -0.4 is 11.1 Å². The van der Waals surface area contributed by atoms with Crippen molar-refractivity contribution in [3.8, 4) is 0 Å². The van der Waals surface area contributed by atoms with Crippen LogP contribution >= 0.6 is 11.3 Å². The van der Waals surface area contributed by atoms with Gasteiger partial charge in [0.1, 0.15) is 0 Å². The van der Waals surface area contributed by atoms with Crippen molar-refractivity contribution < 1.29 is 9.90 Å². The molecule has 5 nitrogen and oxygen atoms in total. The van der Waals surface area contributed by atoms with Gasteiger partial charge in [0.2, 0.25) is 5.91 Å². The SMILES string of the molecule is Nc1nc(CC(=O)N[C@@H]2CCCC[C@H]2O)cs1. The summed E-state index contributed by atoms with van der Waals surface area (Å²) in [6.07, 6.45) is 3.55. The lowest BCUT2D eigenvalue weighted by Gasteiger charge is -2.28. The molecule has 0 aromatic carbocycles. The second kappa shape index (κ2) is 5.46. The van der Waals surface area contributed by atoms with Crippen molar-refractivity contribution in [2.24, 2.45) is 0 Å². The number of anilines is 1. The molecule has 0 aliphatic heterocycles. The quantitative estimate of drug-likeness (QED) is 0.741. The van der Waals surface area contributed by atoms with Crippen LogP contribution in [0.1, 0.15) is 31.4 Å². The Morgan fingerprint density at radius 1 is 1.59 bits per heavy atom. The summed E-state index contributed by atoms with van der Waals surface area (Å²) in [4.78, 5) is 15.8. The number of nitrogens with two attached hydrogens (primary N) is 1. The van der Waals surface area contributed by atoms with Gasteiger partial charge >= 0.3 is 0 Å². The van der Waals surface area contributed by atoms with Gasteiger partial charge in [0.15, 0.2) is 5.13 Å². The Balaban J connectivity index is 1.84. The van der Waals surface area contributed by atoms with E-state index in [1.165, 1.54) is 11.3 Å². The Labute approximate surface area is 104 Å². The minimum atomic E-state index is -0.409. The summed E-state index contributed by atoms with van der Waals surface area (Å²) in [5.74, 6) is -0.0961. The van der Waals surface area contributed by atoms with E-state index < -0.39 is 6.10 Å². The average molecular weight is 255 g/mol. The van der Waals surface area contributed by atoms with Gasteiger partial charge in [-0.25, -0.2) is 4.98 Å². The van der Waals surface area contributed by atoms with E-state index in [0.29, 0.717) is 10.8 Å². The van der Waals surface area contributed by atoms with Crippen molar-refractivity contribution in [3.05, 3.63) is 11.1 Å². The van der Waals surface area contributed by atoms with Crippen LogP contribution in [0.4, 0.5) is 5.13 Å². The molecule has 17 heavy (non-hydrogen) atoms. The Morgan fingerprint density at radius 2 is 2.35 bits per heavy atom. The molecule has 1 saturated carbocycles. The average Bonchev–Trinajstić information content (AvgIpc) is 2.67. The number of rotatable bonds is 3. The van der Waals surface area contributed by atoms with E-state index in [4.69, 9.17) is 5.73 Å². The van der Waals surface area contributed by atoms with Crippen molar-refractivity contribution >= 4 is 22.4 Å². The summed E-state index contributed by atoms with van der Waals surface area (Å²) in [5, 5.41) is 14.9. The molecule has 0 spiro atoms. The predicted octanol–water partition coefficient (Wildman–Crippen LogP) is 0.687. The first-order valence-corrected chi connectivity index (χ1v) is 6.70. The zero-order chi connectivity index (χ0) is 12.3. The molecule has 2 atom stereocenters. The van der Waals surface area contributed by atoms with E-state index in [9.17, 15) is 9.90 Å². The van der Waals surface area contributed by atoms with Crippen molar-refractivity contribution in [2.75, 3.05) is 5.73 Å². The summed E-state index contributed by atoms with van der Waals surface area (Å²) in [6, 6.07) is -0.104. The normalized spacial score (nSPS) is 24.5.